The van der Waals surface area contributed by atoms with Crippen molar-refractivity contribution in [2.75, 3.05) is 13.1 Å². The van der Waals surface area contributed by atoms with E-state index in [1.54, 1.807) is 15.8 Å². The molecule has 4 nitrogen and oxygen atoms in total. The van der Waals surface area contributed by atoms with Gasteiger partial charge in [-0.15, -0.1) is 0 Å². The lowest BCUT2D eigenvalue weighted by atomic mass is 10.4. The first-order valence-electron chi connectivity index (χ1n) is 5.07. The van der Waals surface area contributed by atoms with Crippen LogP contribution in [0.3, 0.4) is 0 Å². The molecule has 1 saturated heterocycles. The number of hydrogen-bond acceptors (Lipinski definition) is 2. The van der Waals surface area contributed by atoms with Crippen molar-refractivity contribution in [3.05, 3.63) is 18.5 Å². The molecular weight excluding hydrogens is 190 g/mol. The first kappa shape index (κ1) is 9.78. The van der Waals surface area contributed by atoms with E-state index in [-0.39, 0.29) is 5.91 Å². The largest absolute Gasteiger partial charge is 0.332 e. The Morgan fingerprint density at radius 3 is 2.93 bits per heavy atom. The number of carbonyl (C=O) groups excluding carboxylic acids is 1. The summed E-state index contributed by atoms with van der Waals surface area (Å²) >= 11 is 0. The molecule has 0 aromatic carbocycles. The molecule has 0 saturated carbocycles. The number of carbonyl (C=O) groups is 1. The van der Waals surface area contributed by atoms with Crippen LogP contribution in [0.2, 0.25) is 0 Å². The number of aromatic nitrogens is 2. The molecule has 1 aromatic rings. The second-order valence-electron chi connectivity index (χ2n) is 3.48. The molecule has 4 heteroatoms. The highest BCUT2D eigenvalue weighted by Gasteiger charge is 2.18. The van der Waals surface area contributed by atoms with Gasteiger partial charge in [-0.25, -0.2) is 0 Å². The molecule has 2 heterocycles. The predicted octanol–water partition coefficient (Wildman–Crippen LogP) is 0.509. The highest BCUT2D eigenvalue weighted by Crippen LogP contribution is 2.07. The van der Waals surface area contributed by atoms with Crippen molar-refractivity contribution in [3.63, 3.8) is 0 Å². The molecule has 0 radical (unpaired) electrons. The summed E-state index contributed by atoms with van der Waals surface area (Å²) in [5.74, 6) is 6.21. The molecule has 1 aliphatic rings. The minimum Gasteiger partial charge on any atom is -0.332 e. The molecule has 0 N–H and O–H groups in total. The van der Waals surface area contributed by atoms with E-state index in [2.05, 4.69) is 16.9 Å². The van der Waals surface area contributed by atoms with Gasteiger partial charge in [0.15, 0.2) is 0 Å². The van der Waals surface area contributed by atoms with Crippen molar-refractivity contribution in [2.45, 2.75) is 19.4 Å². The summed E-state index contributed by atoms with van der Waals surface area (Å²) in [4.78, 5) is 13.0. The number of likely N-dealkylation sites (tertiary alicyclic amines) is 1. The maximum atomic E-state index is 11.2. The van der Waals surface area contributed by atoms with Crippen molar-refractivity contribution in [1.82, 2.24) is 14.7 Å². The van der Waals surface area contributed by atoms with E-state index in [0.717, 1.165) is 13.0 Å². The zero-order valence-corrected chi connectivity index (χ0v) is 8.52. The first-order valence-corrected chi connectivity index (χ1v) is 5.07. The van der Waals surface area contributed by atoms with E-state index in [0.29, 0.717) is 19.5 Å². The van der Waals surface area contributed by atoms with Gasteiger partial charge in [-0.2, -0.15) is 5.10 Å². The fourth-order valence-electron chi connectivity index (χ4n) is 1.55. The average Bonchev–Trinajstić information content (AvgIpc) is 2.85. The maximum Gasteiger partial charge on any atom is 0.223 e. The van der Waals surface area contributed by atoms with Crippen molar-refractivity contribution < 1.29 is 4.79 Å². The molecule has 1 aromatic heterocycles. The molecule has 1 aliphatic heterocycles. The van der Waals surface area contributed by atoms with Crippen molar-refractivity contribution in [2.24, 2.45) is 0 Å². The third-order valence-electron chi connectivity index (χ3n) is 2.37. The Morgan fingerprint density at radius 2 is 2.27 bits per heavy atom. The lowest BCUT2D eigenvalue weighted by Gasteiger charge is -2.09. The van der Waals surface area contributed by atoms with Crippen molar-refractivity contribution >= 4 is 5.91 Å². The second kappa shape index (κ2) is 4.65. The Labute approximate surface area is 88.9 Å². The fraction of sp³-hybridized carbons (Fsp3) is 0.455. The Morgan fingerprint density at radius 1 is 1.40 bits per heavy atom. The summed E-state index contributed by atoms with van der Waals surface area (Å²) < 4.78 is 1.76. The quantitative estimate of drug-likeness (QED) is 0.657. The minimum absolute atomic E-state index is 0.225. The van der Waals surface area contributed by atoms with E-state index < -0.39 is 0 Å². The highest BCUT2D eigenvalue weighted by atomic mass is 16.2. The molecular formula is C11H13N3O. The summed E-state index contributed by atoms with van der Waals surface area (Å²) in [5.41, 5.74) is 0. The molecule has 0 aliphatic carbocycles. The standard InChI is InChI=1S/C11H13N3O/c15-11-5-3-8-13(11)7-1-2-9-14-10-4-6-12-14/h4,6,10H,3,5,7-9H2. The topological polar surface area (TPSA) is 38.1 Å². The zero-order chi connectivity index (χ0) is 10.5. The van der Waals surface area contributed by atoms with Crippen LogP contribution in [0, 0.1) is 11.8 Å². The SMILES string of the molecule is O=C1CCCN1CC#CCn1cccn1. The van der Waals surface area contributed by atoms with Gasteiger partial charge >= 0.3 is 0 Å². The number of amides is 1. The Bertz CT molecular complexity index is 386. The number of rotatable bonds is 2. The van der Waals surface area contributed by atoms with Crippen LogP contribution < -0.4 is 0 Å². The summed E-state index contributed by atoms with van der Waals surface area (Å²) in [6.07, 6.45) is 5.25. The van der Waals surface area contributed by atoms with Gasteiger partial charge < -0.3 is 4.90 Å². The number of hydrogen-bond donors (Lipinski definition) is 0. The van der Waals surface area contributed by atoms with Gasteiger partial charge in [0.2, 0.25) is 5.91 Å². The van der Waals surface area contributed by atoms with E-state index in [1.165, 1.54) is 0 Å². The highest BCUT2D eigenvalue weighted by molar-refractivity contribution is 5.78. The van der Waals surface area contributed by atoms with Gasteiger partial charge in [-0.05, 0) is 12.5 Å². The Balaban J connectivity index is 1.78. The van der Waals surface area contributed by atoms with Gasteiger partial charge in [-0.3, -0.25) is 9.48 Å². The van der Waals surface area contributed by atoms with Gasteiger partial charge in [0.05, 0.1) is 6.54 Å². The van der Waals surface area contributed by atoms with Crippen molar-refractivity contribution in [3.8, 4) is 11.8 Å². The lowest BCUT2D eigenvalue weighted by molar-refractivity contribution is -0.127. The molecule has 0 atom stereocenters. The summed E-state index contributed by atoms with van der Waals surface area (Å²) in [6.45, 7) is 2.00. The fourth-order valence-corrected chi connectivity index (χ4v) is 1.55. The lowest BCUT2D eigenvalue weighted by Crippen LogP contribution is -2.24. The van der Waals surface area contributed by atoms with Crippen LogP contribution in [0.25, 0.3) is 0 Å². The molecule has 1 fully saturated rings. The van der Waals surface area contributed by atoms with Gasteiger partial charge in [0, 0.05) is 25.4 Å². The third kappa shape index (κ3) is 2.59. The van der Waals surface area contributed by atoms with Crippen LogP contribution in [0.5, 0.6) is 0 Å². The van der Waals surface area contributed by atoms with Crippen LogP contribution in [0.15, 0.2) is 18.5 Å². The first-order chi connectivity index (χ1) is 7.36. The Kier molecular flexibility index (Phi) is 3.03. The zero-order valence-electron chi connectivity index (χ0n) is 8.52. The monoisotopic (exact) mass is 203 g/mol. The van der Waals surface area contributed by atoms with Gasteiger partial charge in [0.25, 0.3) is 0 Å². The molecule has 15 heavy (non-hydrogen) atoms. The summed E-state index contributed by atoms with van der Waals surface area (Å²) in [5, 5.41) is 4.03. The molecule has 2 rings (SSSR count). The number of nitrogens with zero attached hydrogens (tertiary/aromatic N) is 3. The third-order valence-corrected chi connectivity index (χ3v) is 2.37. The van der Waals surface area contributed by atoms with E-state index in [9.17, 15) is 4.79 Å². The van der Waals surface area contributed by atoms with Crippen molar-refractivity contribution in [1.29, 1.82) is 0 Å². The van der Waals surface area contributed by atoms with Crippen LogP contribution in [-0.2, 0) is 11.3 Å². The average molecular weight is 203 g/mol. The van der Waals surface area contributed by atoms with Crippen LogP contribution >= 0.6 is 0 Å². The Hall–Kier alpha value is -1.76. The maximum absolute atomic E-state index is 11.2. The van der Waals surface area contributed by atoms with E-state index in [4.69, 9.17) is 0 Å². The van der Waals surface area contributed by atoms with E-state index >= 15 is 0 Å². The van der Waals surface area contributed by atoms with Crippen LogP contribution in [0.4, 0.5) is 0 Å². The molecule has 1 amide bonds. The summed E-state index contributed by atoms with van der Waals surface area (Å²) in [7, 11) is 0. The van der Waals surface area contributed by atoms with Gasteiger partial charge in [-0.1, -0.05) is 11.8 Å². The smallest absolute Gasteiger partial charge is 0.223 e. The molecule has 0 spiro atoms. The van der Waals surface area contributed by atoms with E-state index in [1.807, 2.05) is 12.3 Å². The normalized spacial score (nSPS) is 15.2. The molecule has 78 valence electrons. The van der Waals surface area contributed by atoms with Gasteiger partial charge in [0.1, 0.15) is 6.54 Å². The predicted molar refractivity (Wildman–Crippen MR) is 55.8 cm³/mol. The van der Waals surface area contributed by atoms with Crippen LogP contribution in [0.1, 0.15) is 12.8 Å². The van der Waals surface area contributed by atoms with Crippen LogP contribution in [-0.4, -0.2) is 33.7 Å². The molecule has 0 unspecified atom stereocenters. The summed E-state index contributed by atoms with van der Waals surface area (Å²) in [6, 6.07) is 1.87. The second-order valence-corrected chi connectivity index (χ2v) is 3.48. The minimum atomic E-state index is 0.225. The molecule has 0 bridgehead atoms.